The van der Waals surface area contributed by atoms with Crippen molar-refractivity contribution < 1.29 is 22.3 Å². The second-order valence-corrected chi connectivity index (χ2v) is 12.4. The summed E-state index contributed by atoms with van der Waals surface area (Å²) in [5, 5.41) is 0.733. The van der Waals surface area contributed by atoms with E-state index in [9.17, 15) is 17.6 Å². The van der Waals surface area contributed by atoms with Crippen LogP contribution < -0.4 is 9.46 Å². The molecule has 2 aromatic rings. The number of rotatable bonds is 8. The lowest BCUT2D eigenvalue weighted by Gasteiger charge is -2.37. The summed E-state index contributed by atoms with van der Waals surface area (Å²) in [7, 11) is -3.80. The molecule has 3 aliphatic rings. The molecule has 36 heavy (non-hydrogen) atoms. The van der Waals surface area contributed by atoms with Crippen molar-refractivity contribution in [2.45, 2.75) is 69.4 Å². The maximum atomic E-state index is 14.9. The molecule has 10 heteroatoms. The summed E-state index contributed by atoms with van der Waals surface area (Å²) in [4.78, 5) is 19.5. The van der Waals surface area contributed by atoms with Crippen molar-refractivity contribution in [2.75, 3.05) is 19.3 Å². The van der Waals surface area contributed by atoms with Gasteiger partial charge in [0.05, 0.1) is 28.2 Å². The molecule has 0 bridgehead atoms. The summed E-state index contributed by atoms with van der Waals surface area (Å²) < 4.78 is 46.0. The van der Waals surface area contributed by atoms with Gasteiger partial charge in [-0.15, -0.1) is 0 Å². The maximum Gasteiger partial charge on any atom is 0.267 e. The average molecular weight is 536 g/mol. The van der Waals surface area contributed by atoms with Gasteiger partial charge in [0.2, 0.25) is 10.0 Å². The number of pyridine rings is 1. The zero-order valence-corrected chi connectivity index (χ0v) is 22.0. The fourth-order valence-corrected chi connectivity index (χ4v) is 5.62. The molecule has 1 unspecified atom stereocenters. The van der Waals surface area contributed by atoms with Gasteiger partial charge in [0, 0.05) is 24.6 Å². The Kier molecular flexibility index (Phi) is 7.00. The molecule has 2 saturated carbocycles. The molecule has 1 aromatic heterocycles. The van der Waals surface area contributed by atoms with Crippen LogP contribution in [0.15, 0.2) is 24.3 Å². The summed E-state index contributed by atoms with van der Waals surface area (Å²) >= 11 is 6.37. The number of hydrogen-bond acceptors (Lipinski definition) is 6. The van der Waals surface area contributed by atoms with Crippen LogP contribution in [0.4, 0.5) is 4.39 Å². The van der Waals surface area contributed by atoms with Gasteiger partial charge in [0.15, 0.2) is 0 Å². The minimum Gasteiger partial charge on any atom is -0.489 e. The lowest BCUT2D eigenvalue weighted by atomic mass is 10.0. The number of carbonyl (C=O) groups excluding carboxylic acids is 1. The smallest absolute Gasteiger partial charge is 0.267 e. The van der Waals surface area contributed by atoms with Gasteiger partial charge >= 0.3 is 0 Å². The number of nitrogens with zero attached hydrogens (tertiary/aromatic N) is 2. The summed E-state index contributed by atoms with van der Waals surface area (Å²) in [5.41, 5.74) is 2.46. The number of benzene rings is 1. The number of aromatic nitrogens is 1. The fraction of sp³-hybridized carbons (Fsp3) is 0.538. The number of halogens is 2. The summed E-state index contributed by atoms with van der Waals surface area (Å²) in [6.45, 7) is 3.73. The summed E-state index contributed by atoms with van der Waals surface area (Å²) in [5.74, 6) is -0.675. The molecule has 0 radical (unpaired) electrons. The third-order valence-corrected chi connectivity index (χ3v) is 8.05. The average Bonchev–Trinajstić information content (AvgIpc) is 3.72. The normalized spacial score (nSPS) is 21.7. The van der Waals surface area contributed by atoms with E-state index in [0.717, 1.165) is 73.3 Å². The second-order valence-electron chi connectivity index (χ2n) is 10.3. The molecular formula is C26H31ClFN3O4S. The minimum absolute atomic E-state index is 0.0906. The number of ether oxygens (including phenoxy) is 1. The van der Waals surface area contributed by atoms with Crippen LogP contribution in [0.5, 0.6) is 5.75 Å². The van der Waals surface area contributed by atoms with Gasteiger partial charge in [-0.25, -0.2) is 17.5 Å². The predicted molar refractivity (Wildman–Crippen MR) is 136 cm³/mol. The van der Waals surface area contributed by atoms with Crippen LogP contribution in [0.1, 0.15) is 90.6 Å². The van der Waals surface area contributed by atoms with Crippen LogP contribution >= 0.6 is 11.6 Å². The molecule has 1 N–H and O–H groups in total. The number of carbonyl (C=O) groups is 1. The third-order valence-electron chi connectivity index (χ3n) is 7.18. The molecular weight excluding hydrogens is 505 g/mol. The second kappa shape index (κ2) is 9.91. The van der Waals surface area contributed by atoms with Gasteiger partial charge in [-0.3, -0.25) is 14.7 Å². The van der Waals surface area contributed by atoms with Gasteiger partial charge < -0.3 is 4.74 Å². The number of sulfonamides is 1. The van der Waals surface area contributed by atoms with Crippen LogP contribution in [0.3, 0.4) is 0 Å². The molecule has 1 saturated heterocycles. The largest absolute Gasteiger partial charge is 0.489 e. The van der Waals surface area contributed by atoms with E-state index < -0.39 is 21.7 Å². The zero-order valence-electron chi connectivity index (χ0n) is 20.5. The molecule has 1 aliphatic heterocycles. The van der Waals surface area contributed by atoms with E-state index in [1.165, 1.54) is 12.1 Å². The van der Waals surface area contributed by atoms with E-state index >= 15 is 0 Å². The molecule has 5 rings (SSSR count). The van der Waals surface area contributed by atoms with Crippen molar-refractivity contribution in [3.63, 3.8) is 0 Å². The van der Waals surface area contributed by atoms with Crippen LogP contribution in [-0.2, 0) is 10.0 Å². The lowest BCUT2D eigenvalue weighted by Crippen LogP contribution is -2.42. The third kappa shape index (κ3) is 5.84. The zero-order chi connectivity index (χ0) is 25.6. The van der Waals surface area contributed by atoms with Crippen LogP contribution in [0, 0.1) is 5.82 Å². The monoisotopic (exact) mass is 535 g/mol. The number of amides is 1. The van der Waals surface area contributed by atoms with Crippen LogP contribution in [-0.4, -0.2) is 49.7 Å². The van der Waals surface area contributed by atoms with E-state index in [0.29, 0.717) is 18.2 Å². The van der Waals surface area contributed by atoms with Gasteiger partial charge in [-0.1, -0.05) is 11.6 Å². The van der Waals surface area contributed by atoms with Crippen molar-refractivity contribution in [2.24, 2.45) is 0 Å². The molecule has 2 atom stereocenters. The van der Waals surface area contributed by atoms with Crippen LogP contribution in [0.2, 0.25) is 5.02 Å². The van der Waals surface area contributed by atoms with Gasteiger partial charge in [0.1, 0.15) is 17.7 Å². The Hall–Kier alpha value is -2.23. The Morgan fingerprint density at radius 1 is 1.19 bits per heavy atom. The van der Waals surface area contributed by atoms with Crippen LogP contribution in [0.25, 0.3) is 0 Å². The molecule has 194 valence electrons. The highest BCUT2D eigenvalue weighted by Gasteiger charge is 2.33. The standard InChI is InChI=1S/C26H31ClFN3O4S/c1-15(23-10-9-21(27)25(29-23)17-7-8-17)31-11-3-4-18(14-31)35-24-13-22(28)20(12-19(24)16-5-6-16)26(32)30-36(2,33)34/h9-10,12-13,15-18H,3-8,11,14H2,1-2H3,(H,30,32)/t15-,18?/m1/s1. The Labute approximate surface area is 216 Å². The van der Waals surface area contributed by atoms with Crippen molar-refractivity contribution in [1.82, 2.24) is 14.6 Å². The van der Waals surface area contributed by atoms with E-state index in [1.54, 1.807) is 0 Å². The molecule has 1 amide bonds. The molecule has 1 aromatic carbocycles. The van der Waals surface area contributed by atoms with E-state index in [1.807, 2.05) is 16.9 Å². The van der Waals surface area contributed by atoms with Crippen molar-refractivity contribution >= 4 is 27.5 Å². The fourth-order valence-electron chi connectivity index (χ4n) is 4.91. The highest BCUT2D eigenvalue weighted by Crippen LogP contribution is 2.46. The number of likely N-dealkylation sites (tertiary alicyclic amines) is 1. The van der Waals surface area contributed by atoms with E-state index in [2.05, 4.69) is 11.8 Å². The highest BCUT2D eigenvalue weighted by atomic mass is 35.5. The quantitative estimate of drug-likeness (QED) is 0.516. The Morgan fingerprint density at radius 3 is 2.58 bits per heavy atom. The first-order chi connectivity index (χ1) is 17.1. The van der Waals surface area contributed by atoms with E-state index in [4.69, 9.17) is 21.3 Å². The number of hydrogen-bond donors (Lipinski definition) is 1. The first-order valence-corrected chi connectivity index (χ1v) is 14.8. The van der Waals surface area contributed by atoms with Gasteiger partial charge in [-0.2, -0.15) is 0 Å². The highest BCUT2D eigenvalue weighted by molar-refractivity contribution is 7.89. The number of piperidine rings is 1. The lowest BCUT2D eigenvalue weighted by molar-refractivity contribution is 0.0639. The minimum atomic E-state index is -3.80. The molecule has 2 aliphatic carbocycles. The van der Waals surface area contributed by atoms with Gasteiger partial charge in [-0.05, 0) is 81.7 Å². The molecule has 2 heterocycles. The van der Waals surface area contributed by atoms with E-state index in [-0.39, 0.29) is 23.6 Å². The topological polar surface area (TPSA) is 88.6 Å². The summed E-state index contributed by atoms with van der Waals surface area (Å²) in [6.07, 6.45) is 6.63. The van der Waals surface area contributed by atoms with Crippen molar-refractivity contribution in [3.8, 4) is 5.75 Å². The molecule has 0 spiro atoms. The van der Waals surface area contributed by atoms with Crippen molar-refractivity contribution in [1.29, 1.82) is 0 Å². The van der Waals surface area contributed by atoms with Crippen molar-refractivity contribution in [3.05, 3.63) is 57.6 Å². The molecule has 7 nitrogen and oxygen atoms in total. The number of nitrogens with one attached hydrogen (secondary N) is 1. The van der Waals surface area contributed by atoms with Gasteiger partial charge in [0.25, 0.3) is 5.91 Å². The maximum absolute atomic E-state index is 14.9. The Bertz CT molecular complexity index is 1280. The Morgan fingerprint density at radius 2 is 1.92 bits per heavy atom. The first kappa shape index (κ1) is 25.4. The Balaban J connectivity index is 1.32. The molecule has 3 fully saturated rings. The first-order valence-electron chi connectivity index (χ1n) is 12.5. The SMILES string of the molecule is C[C@H](c1ccc(Cl)c(C2CC2)n1)N1CCCC(Oc2cc(F)c(C(=O)NS(C)(=O)=O)cc2C2CC2)C1. The predicted octanol–water partition coefficient (Wildman–Crippen LogP) is 4.92. The summed E-state index contributed by atoms with van der Waals surface area (Å²) in [6, 6.07) is 6.70.